The Labute approximate surface area is 269 Å². The monoisotopic (exact) mass is 653 g/mol. The third-order valence-corrected chi connectivity index (χ3v) is 10.4. The smallest absolute Gasteiger partial charge is 0.305 e. The first-order chi connectivity index (χ1) is 21.7. The molecule has 1 atom stereocenters. The minimum absolute atomic E-state index is 0.00748. The van der Waals surface area contributed by atoms with Gasteiger partial charge in [-0.15, -0.1) is 11.3 Å². The van der Waals surface area contributed by atoms with Gasteiger partial charge < -0.3 is 34.9 Å². The van der Waals surface area contributed by atoms with Gasteiger partial charge in [-0.1, -0.05) is 29.5 Å². The van der Waals surface area contributed by atoms with E-state index in [2.05, 4.69) is 20.2 Å². The summed E-state index contributed by atoms with van der Waals surface area (Å²) in [6, 6.07) is 11.0. The summed E-state index contributed by atoms with van der Waals surface area (Å²) in [5.74, 6) is 0.813. The van der Waals surface area contributed by atoms with Crippen molar-refractivity contribution in [1.82, 2.24) is 25.1 Å². The molecular weight excluding hydrogens is 615 g/mol. The van der Waals surface area contributed by atoms with Gasteiger partial charge in [-0.3, -0.25) is 14.5 Å². The number of amides is 1. The van der Waals surface area contributed by atoms with Crippen molar-refractivity contribution in [3.05, 3.63) is 72.8 Å². The number of phenols is 1. The van der Waals surface area contributed by atoms with Crippen molar-refractivity contribution in [2.75, 3.05) is 52.5 Å². The third-order valence-electron chi connectivity index (χ3n) is 8.62. The van der Waals surface area contributed by atoms with Gasteiger partial charge in [0, 0.05) is 49.7 Å². The zero-order valence-corrected chi connectivity index (χ0v) is 27.1. The van der Waals surface area contributed by atoms with E-state index in [1.54, 1.807) is 17.4 Å². The summed E-state index contributed by atoms with van der Waals surface area (Å²) in [7, 11) is 0. The number of aromatic hydroxyl groups is 1. The van der Waals surface area contributed by atoms with Crippen LogP contribution in [0.5, 0.6) is 11.5 Å². The Hall–Kier alpha value is -3.33. The largest absolute Gasteiger partial charge is 0.506 e. The second kappa shape index (κ2) is 13.6. The molecule has 1 spiro atoms. The van der Waals surface area contributed by atoms with E-state index >= 15 is 0 Å². The number of carbonyl (C=O) groups is 1. The quantitative estimate of drug-likeness (QED) is 0.202. The highest BCUT2D eigenvalue weighted by molar-refractivity contribution is 7.16. The van der Waals surface area contributed by atoms with E-state index in [-0.39, 0.29) is 22.1 Å². The number of hydrogen-bond acceptors (Lipinski definition) is 11. The highest BCUT2D eigenvalue weighted by Crippen LogP contribution is 2.32. The van der Waals surface area contributed by atoms with Gasteiger partial charge in [-0.2, -0.15) is 0 Å². The lowest BCUT2D eigenvalue weighted by atomic mass is 9.89. The van der Waals surface area contributed by atoms with Gasteiger partial charge in [0.25, 0.3) is 5.91 Å². The first-order valence-corrected chi connectivity index (χ1v) is 16.9. The van der Waals surface area contributed by atoms with Gasteiger partial charge in [0.15, 0.2) is 0 Å². The Kier molecular flexibility index (Phi) is 9.54. The van der Waals surface area contributed by atoms with E-state index in [9.17, 15) is 19.8 Å². The zero-order valence-electron chi connectivity index (χ0n) is 25.5. The summed E-state index contributed by atoms with van der Waals surface area (Å²) in [4.78, 5) is 37.0. The molecule has 13 heteroatoms. The molecular formula is C32H39N5O6S2. The first-order valence-electron chi connectivity index (χ1n) is 15.2. The molecule has 0 saturated carbocycles. The van der Waals surface area contributed by atoms with E-state index in [1.807, 2.05) is 43.0 Å². The van der Waals surface area contributed by atoms with E-state index in [4.69, 9.17) is 9.47 Å². The van der Waals surface area contributed by atoms with Crippen molar-refractivity contribution in [3.8, 4) is 11.5 Å². The van der Waals surface area contributed by atoms with Crippen LogP contribution >= 0.6 is 22.7 Å². The fourth-order valence-electron chi connectivity index (χ4n) is 6.14. The fraction of sp³-hybridized carbons (Fsp3) is 0.469. The molecule has 4 N–H and O–H groups in total. The summed E-state index contributed by atoms with van der Waals surface area (Å²) in [6.07, 6.45) is 0.936. The maximum absolute atomic E-state index is 13.2. The number of fused-ring (bicyclic) bond motifs is 1. The van der Waals surface area contributed by atoms with E-state index in [1.165, 1.54) is 6.07 Å². The Balaban J connectivity index is 0.914. The number of H-pyrrole nitrogens is 1. The number of benzene rings is 2. The van der Waals surface area contributed by atoms with Crippen molar-refractivity contribution in [3.63, 3.8) is 0 Å². The molecule has 1 amide bonds. The van der Waals surface area contributed by atoms with E-state index in [0.29, 0.717) is 60.9 Å². The van der Waals surface area contributed by atoms with Gasteiger partial charge >= 0.3 is 4.87 Å². The number of aryl methyl sites for hydroxylation is 2. The summed E-state index contributed by atoms with van der Waals surface area (Å²) >= 11 is 2.54. The molecule has 2 aromatic carbocycles. The van der Waals surface area contributed by atoms with Crippen molar-refractivity contribution < 1.29 is 24.5 Å². The van der Waals surface area contributed by atoms with Crippen LogP contribution in [0.15, 0.2) is 41.2 Å². The Morgan fingerprint density at radius 2 is 1.93 bits per heavy atom. The van der Waals surface area contributed by atoms with Crippen molar-refractivity contribution in [2.45, 2.75) is 44.9 Å². The van der Waals surface area contributed by atoms with Crippen LogP contribution in [0.2, 0.25) is 0 Å². The number of piperidine rings is 1. The second-order valence-corrected chi connectivity index (χ2v) is 14.2. The van der Waals surface area contributed by atoms with Crippen LogP contribution in [-0.2, 0) is 11.3 Å². The highest BCUT2D eigenvalue weighted by Gasteiger charge is 2.41. The molecule has 11 nitrogen and oxygen atoms in total. The van der Waals surface area contributed by atoms with Crippen LogP contribution in [0.3, 0.4) is 0 Å². The lowest BCUT2D eigenvalue weighted by Gasteiger charge is -2.47. The number of ether oxygens (including phenoxy) is 2. The molecule has 4 aromatic rings. The van der Waals surface area contributed by atoms with Gasteiger partial charge in [0.2, 0.25) is 0 Å². The molecule has 6 rings (SSSR count). The van der Waals surface area contributed by atoms with Crippen molar-refractivity contribution in [1.29, 1.82) is 0 Å². The van der Waals surface area contributed by atoms with Crippen LogP contribution in [0.4, 0.5) is 0 Å². The number of rotatable bonds is 10. The topological polar surface area (TPSA) is 140 Å². The normalized spacial score (nSPS) is 17.6. The molecule has 2 saturated heterocycles. The second-order valence-electron chi connectivity index (χ2n) is 11.8. The molecule has 4 heterocycles. The summed E-state index contributed by atoms with van der Waals surface area (Å²) in [6.45, 7) is 9.73. The number of likely N-dealkylation sites (tertiary alicyclic amines) is 1. The van der Waals surface area contributed by atoms with Crippen molar-refractivity contribution >= 4 is 38.8 Å². The molecule has 0 bridgehead atoms. The highest BCUT2D eigenvalue weighted by atomic mass is 32.1. The van der Waals surface area contributed by atoms with Gasteiger partial charge in [-0.05, 0) is 50.5 Å². The summed E-state index contributed by atoms with van der Waals surface area (Å²) in [5.41, 5.74) is 2.31. The third kappa shape index (κ3) is 7.24. The maximum atomic E-state index is 13.2. The Morgan fingerprint density at radius 3 is 2.67 bits per heavy atom. The summed E-state index contributed by atoms with van der Waals surface area (Å²) in [5, 5.41) is 24.9. The Morgan fingerprint density at radius 1 is 1.16 bits per heavy atom. The number of aromatic nitrogens is 2. The molecule has 240 valence electrons. The maximum Gasteiger partial charge on any atom is 0.305 e. The standard InChI is InChI=1S/C32H39N5O6S2/c1-20-27(34-21(2)44-20)30(40)37-14-16-43-32(19-37)9-11-36(12-10-32)13-15-42-23-5-3-22(4-6-23)17-33-18-26(39)24-7-8-25(38)28-29(24)45-31(41)35-28/h3-8,26,33,38-39H,9-19H2,1-2H3,(H,35,41). The number of aliphatic hydroxyl groups excluding tert-OH is 1. The average molecular weight is 654 g/mol. The van der Waals surface area contributed by atoms with Crippen LogP contribution in [0.25, 0.3) is 10.2 Å². The minimum atomic E-state index is -0.824. The predicted molar refractivity (Wildman–Crippen MR) is 175 cm³/mol. The lowest BCUT2D eigenvalue weighted by Crippen LogP contribution is -2.58. The minimum Gasteiger partial charge on any atom is -0.506 e. The number of nitrogens with one attached hydrogen (secondary N) is 2. The number of thiazole rings is 2. The number of phenolic OH excluding ortho intramolecular Hbond substituents is 1. The molecule has 2 aliphatic heterocycles. The molecule has 0 aliphatic carbocycles. The van der Waals surface area contributed by atoms with Crippen LogP contribution < -0.4 is 14.9 Å². The SMILES string of the molecule is Cc1nc(C(=O)N2CCOC3(CCN(CCOc4ccc(CNCC(O)c5ccc(O)c6[nH]c(=O)sc56)cc4)CC3)C2)c(C)s1. The van der Waals surface area contributed by atoms with Gasteiger partial charge in [0.1, 0.15) is 29.3 Å². The average Bonchev–Trinajstić information content (AvgIpc) is 3.59. The lowest BCUT2D eigenvalue weighted by molar-refractivity contribution is -0.127. The van der Waals surface area contributed by atoms with E-state index < -0.39 is 6.10 Å². The number of aliphatic hydroxyl groups is 1. The molecule has 0 radical (unpaired) electrons. The van der Waals surface area contributed by atoms with Crippen molar-refractivity contribution in [2.24, 2.45) is 0 Å². The molecule has 2 fully saturated rings. The Bertz CT molecular complexity index is 1690. The van der Waals surface area contributed by atoms with Gasteiger partial charge in [0.05, 0.1) is 34.6 Å². The summed E-state index contributed by atoms with van der Waals surface area (Å²) < 4.78 is 12.9. The first kappa shape index (κ1) is 31.6. The van der Waals surface area contributed by atoms with Crippen LogP contribution in [0.1, 0.15) is 50.4 Å². The van der Waals surface area contributed by atoms with Gasteiger partial charge in [-0.25, -0.2) is 4.98 Å². The predicted octanol–water partition coefficient (Wildman–Crippen LogP) is 3.58. The number of aromatic amines is 1. The number of morpholine rings is 1. The van der Waals surface area contributed by atoms with Crippen LogP contribution in [-0.4, -0.2) is 94.0 Å². The van der Waals surface area contributed by atoms with Crippen LogP contribution in [0, 0.1) is 13.8 Å². The van der Waals surface area contributed by atoms with E-state index in [0.717, 1.165) is 65.0 Å². The molecule has 45 heavy (non-hydrogen) atoms. The molecule has 2 aromatic heterocycles. The number of carbonyl (C=O) groups excluding carboxylic acids is 1. The number of hydrogen-bond donors (Lipinski definition) is 4. The number of nitrogens with zero attached hydrogens (tertiary/aromatic N) is 3. The molecule has 1 unspecified atom stereocenters. The fourth-order valence-corrected chi connectivity index (χ4v) is 7.87. The zero-order chi connectivity index (χ0) is 31.6. The molecule has 2 aliphatic rings.